The maximum Gasteiger partial charge on any atom is 0.373 e. The third-order valence-corrected chi connectivity index (χ3v) is 5.24. The Bertz CT molecular complexity index is 989. The summed E-state index contributed by atoms with van der Waals surface area (Å²) in [6.45, 7) is 6.72. The third kappa shape index (κ3) is 5.98. The van der Waals surface area contributed by atoms with Crippen LogP contribution in [0, 0.1) is 6.92 Å². The van der Waals surface area contributed by atoms with Crippen LogP contribution in [0.4, 0.5) is 0 Å². The molecule has 0 aromatic heterocycles. The number of sulfonamides is 1. The van der Waals surface area contributed by atoms with Crippen molar-refractivity contribution in [2.45, 2.75) is 24.8 Å². The van der Waals surface area contributed by atoms with Crippen molar-refractivity contribution < 1.29 is 27.5 Å². The molecule has 0 radical (unpaired) electrons. The number of benzene rings is 2. The summed E-state index contributed by atoms with van der Waals surface area (Å²) in [4.78, 5) is 26.5. The van der Waals surface area contributed by atoms with Gasteiger partial charge in [-0.1, -0.05) is 48.5 Å². The van der Waals surface area contributed by atoms with E-state index in [0.29, 0.717) is 11.1 Å². The third-order valence-electron chi connectivity index (χ3n) is 3.82. The molecule has 1 atom stereocenters. The second kappa shape index (κ2) is 9.97. The Morgan fingerprint density at radius 3 is 2.31 bits per heavy atom. The van der Waals surface area contributed by atoms with Gasteiger partial charge >= 0.3 is 11.9 Å². The molecule has 0 aliphatic rings. The zero-order valence-electron chi connectivity index (χ0n) is 16.0. The summed E-state index contributed by atoms with van der Waals surface area (Å²) < 4.78 is 34.9. The van der Waals surface area contributed by atoms with E-state index in [9.17, 15) is 18.0 Å². The summed E-state index contributed by atoms with van der Waals surface area (Å²) in [7, 11) is -3.96. The first-order valence-electron chi connectivity index (χ1n) is 8.72. The Balaban J connectivity index is 2.21. The smallest absolute Gasteiger partial charge is 0.373 e. The second-order valence-electron chi connectivity index (χ2n) is 5.92. The number of ether oxygens (including phenoxy) is 2. The molecule has 0 heterocycles. The van der Waals surface area contributed by atoms with Crippen LogP contribution in [-0.4, -0.2) is 27.0 Å². The largest absolute Gasteiger partial charge is 0.460 e. The average Bonchev–Trinajstić information content (AvgIpc) is 2.69. The summed E-state index contributed by atoms with van der Waals surface area (Å²) in [5, 5.41) is 0. The maximum atomic E-state index is 12.6. The first-order valence-corrected chi connectivity index (χ1v) is 10.2. The normalized spacial score (nSPS) is 12.1. The molecule has 2 aromatic carbocycles. The van der Waals surface area contributed by atoms with Crippen molar-refractivity contribution in [2.24, 2.45) is 0 Å². The topological polar surface area (TPSA) is 111 Å². The fraction of sp³-hybridized carbons (Fsp3) is 0.200. The van der Waals surface area contributed by atoms with Gasteiger partial charge in [0.1, 0.15) is 6.04 Å². The quantitative estimate of drug-likeness (QED) is 0.278. The molecule has 8 nitrogen and oxygen atoms in total. The Labute approximate surface area is 169 Å². The molecule has 1 unspecified atom stereocenters. The van der Waals surface area contributed by atoms with Gasteiger partial charge in [0.15, 0.2) is 0 Å². The van der Waals surface area contributed by atoms with E-state index in [1.54, 1.807) is 62.4 Å². The van der Waals surface area contributed by atoms with Gasteiger partial charge in [0.25, 0.3) is 10.0 Å². The predicted molar refractivity (Wildman–Crippen MR) is 106 cm³/mol. The van der Waals surface area contributed by atoms with Gasteiger partial charge < -0.3 is 9.47 Å². The molecule has 154 valence electrons. The zero-order valence-corrected chi connectivity index (χ0v) is 16.9. The number of nitrogens with one attached hydrogen (secondary N) is 2. The summed E-state index contributed by atoms with van der Waals surface area (Å²) in [5.74, 6) is -2.31. The Kier molecular flexibility index (Phi) is 7.66. The molecule has 29 heavy (non-hydrogen) atoms. The molecule has 2 rings (SSSR count). The van der Waals surface area contributed by atoms with Gasteiger partial charge in [-0.2, -0.15) is 0 Å². The van der Waals surface area contributed by atoms with Crippen molar-refractivity contribution in [1.82, 2.24) is 10.3 Å². The molecule has 0 aliphatic carbocycles. The molecule has 0 saturated heterocycles. The lowest BCUT2D eigenvalue weighted by Gasteiger charge is -2.19. The van der Waals surface area contributed by atoms with E-state index in [0.717, 1.165) is 0 Å². The fourth-order valence-electron chi connectivity index (χ4n) is 2.41. The van der Waals surface area contributed by atoms with Crippen LogP contribution in [-0.2, 0) is 29.1 Å². The number of carbonyl (C=O) groups is 2. The summed E-state index contributed by atoms with van der Waals surface area (Å²) in [6.07, 6.45) is 0. The highest BCUT2D eigenvalue weighted by Gasteiger charge is 2.27. The van der Waals surface area contributed by atoms with Crippen LogP contribution in [0.5, 0.6) is 0 Å². The van der Waals surface area contributed by atoms with Crippen molar-refractivity contribution in [2.75, 3.05) is 6.61 Å². The van der Waals surface area contributed by atoms with E-state index in [2.05, 4.69) is 16.8 Å². The average molecular weight is 418 g/mol. The molecule has 9 heteroatoms. The molecule has 0 saturated carbocycles. The van der Waals surface area contributed by atoms with Crippen molar-refractivity contribution in [3.05, 3.63) is 78.1 Å². The first-order chi connectivity index (χ1) is 13.8. The minimum atomic E-state index is -3.96. The van der Waals surface area contributed by atoms with E-state index < -0.39 is 33.8 Å². The highest BCUT2D eigenvalue weighted by atomic mass is 32.2. The molecule has 0 spiro atoms. The minimum Gasteiger partial charge on any atom is -0.460 e. The van der Waals surface area contributed by atoms with Crippen LogP contribution >= 0.6 is 0 Å². The van der Waals surface area contributed by atoms with Gasteiger partial charge in [0.05, 0.1) is 11.5 Å². The van der Waals surface area contributed by atoms with E-state index in [4.69, 9.17) is 9.47 Å². The van der Waals surface area contributed by atoms with Crippen LogP contribution in [0.15, 0.2) is 71.8 Å². The summed E-state index contributed by atoms with van der Waals surface area (Å²) in [6, 6.07) is 13.5. The molecule has 0 bridgehead atoms. The van der Waals surface area contributed by atoms with Crippen LogP contribution < -0.4 is 10.3 Å². The minimum absolute atomic E-state index is 0.0589. The lowest BCUT2D eigenvalue weighted by atomic mass is 10.1. The Hall–Kier alpha value is -3.01. The molecule has 0 amide bonds. The number of esters is 2. The maximum absolute atomic E-state index is 12.6. The number of hydrogen-bond acceptors (Lipinski definition) is 7. The van der Waals surface area contributed by atoms with E-state index in [1.807, 2.05) is 0 Å². The van der Waals surface area contributed by atoms with Crippen LogP contribution in [0.3, 0.4) is 0 Å². The number of rotatable bonds is 9. The highest BCUT2D eigenvalue weighted by Crippen LogP contribution is 2.18. The molecule has 0 aliphatic heterocycles. The molecule has 2 N–H and O–H groups in total. The van der Waals surface area contributed by atoms with Gasteiger partial charge in [-0.25, -0.2) is 23.4 Å². The molecule has 0 fully saturated rings. The molecular formula is C20H22N2O6S. The standard InChI is InChI=1S/C20H22N2O6S/c1-4-27-19(23)15(3)28-20(24)18(16-11-6-5-7-12-16)21-22-29(25,26)17-13-9-8-10-14(17)2/h5-13,18,21-22H,3-4H2,1-2H3. The second-order valence-corrected chi connectivity index (χ2v) is 7.57. The number of hydrogen-bond donors (Lipinski definition) is 2. The Morgan fingerprint density at radius 2 is 1.69 bits per heavy atom. The van der Waals surface area contributed by atoms with Gasteiger partial charge in [-0.05, 0) is 37.6 Å². The lowest BCUT2D eigenvalue weighted by Crippen LogP contribution is -2.43. The van der Waals surface area contributed by atoms with Crippen molar-refractivity contribution in [1.29, 1.82) is 0 Å². The van der Waals surface area contributed by atoms with Crippen molar-refractivity contribution in [3.63, 3.8) is 0 Å². The summed E-state index contributed by atoms with van der Waals surface area (Å²) >= 11 is 0. The van der Waals surface area contributed by atoms with Gasteiger partial charge in [0.2, 0.25) is 5.76 Å². The predicted octanol–water partition coefficient (Wildman–Crippen LogP) is 2.14. The number of aryl methyl sites for hydroxylation is 1. The van der Waals surface area contributed by atoms with Gasteiger partial charge in [-0.3, -0.25) is 0 Å². The van der Waals surface area contributed by atoms with E-state index in [-0.39, 0.29) is 11.5 Å². The van der Waals surface area contributed by atoms with Gasteiger partial charge in [0, 0.05) is 0 Å². The lowest BCUT2D eigenvalue weighted by molar-refractivity contribution is -0.152. The monoisotopic (exact) mass is 418 g/mol. The van der Waals surface area contributed by atoms with E-state index >= 15 is 0 Å². The Morgan fingerprint density at radius 1 is 1.07 bits per heavy atom. The fourth-order valence-corrected chi connectivity index (χ4v) is 3.54. The van der Waals surface area contributed by atoms with Crippen molar-refractivity contribution >= 4 is 22.0 Å². The van der Waals surface area contributed by atoms with Crippen molar-refractivity contribution in [3.8, 4) is 0 Å². The SMILES string of the molecule is C=C(OC(=O)C(NNS(=O)(=O)c1ccccc1C)c1ccccc1)C(=O)OCC. The van der Waals surface area contributed by atoms with E-state index in [1.165, 1.54) is 6.07 Å². The zero-order chi connectivity index (χ0) is 21.4. The first kappa shape index (κ1) is 22.3. The summed E-state index contributed by atoms with van der Waals surface area (Å²) in [5.41, 5.74) is 3.43. The molecular weight excluding hydrogens is 396 g/mol. The highest BCUT2D eigenvalue weighted by molar-refractivity contribution is 7.89. The number of carbonyl (C=O) groups excluding carboxylic acids is 2. The van der Waals surface area contributed by atoms with Crippen LogP contribution in [0.2, 0.25) is 0 Å². The van der Waals surface area contributed by atoms with Crippen LogP contribution in [0.1, 0.15) is 24.1 Å². The number of hydrazine groups is 1. The van der Waals surface area contributed by atoms with Crippen LogP contribution in [0.25, 0.3) is 0 Å². The van der Waals surface area contributed by atoms with Gasteiger partial charge in [-0.15, -0.1) is 4.83 Å². The molecule has 2 aromatic rings.